The highest BCUT2D eigenvalue weighted by Crippen LogP contribution is 2.45. The smallest absolute Gasteiger partial charge is 0.462 e. The van der Waals surface area contributed by atoms with Crippen molar-refractivity contribution in [2.24, 2.45) is 17.8 Å². The quantitative estimate of drug-likeness (QED) is 0.0222. The van der Waals surface area contributed by atoms with Crippen LogP contribution >= 0.6 is 15.6 Å². The third-order valence-electron chi connectivity index (χ3n) is 14.5. The molecule has 0 aliphatic heterocycles. The summed E-state index contributed by atoms with van der Waals surface area (Å²) in [5.74, 6) is 0.0921. The molecule has 3 N–H and O–H groups in total. The van der Waals surface area contributed by atoms with Gasteiger partial charge in [0.1, 0.15) is 19.3 Å². The van der Waals surface area contributed by atoms with Gasteiger partial charge in [0.05, 0.1) is 26.4 Å². The molecule has 0 aromatic heterocycles. The topological polar surface area (TPSA) is 237 Å². The first kappa shape index (κ1) is 79.1. The van der Waals surface area contributed by atoms with Crippen LogP contribution in [0.1, 0.15) is 299 Å². The van der Waals surface area contributed by atoms with E-state index in [1.165, 1.54) is 103 Å². The lowest BCUT2D eigenvalue weighted by atomic mass is 9.99. The van der Waals surface area contributed by atoms with Crippen LogP contribution in [0.5, 0.6) is 0 Å². The molecule has 0 aromatic carbocycles. The molecule has 6 atom stereocenters. The molecule has 0 aromatic rings. The minimum absolute atomic E-state index is 0.102. The number of hydrogen-bond donors (Lipinski definition) is 3. The molecule has 0 radical (unpaired) electrons. The third-order valence-corrected chi connectivity index (χ3v) is 16.4. The van der Waals surface area contributed by atoms with Crippen molar-refractivity contribution < 1.29 is 80.2 Å². The lowest BCUT2D eigenvalue weighted by Gasteiger charge is -2.21. The third kappa shape index (κ3) is 55.7. The number of phosphoric acid groups is 2. The van der Waals surface area contributed by atoms with Crippen LogP contribution in [-0.4, -0.2) is 96.7 Å². The summed E-state index contributed by atoms with van der Waals surface area (Å²) in [5, 5.41) is 10.5. The fraction of sp³-hybridized carbons (Fsp3) is 0.935. The minimum atomic E-state index is -4.94. The molecule has 0 bridgehead atoms. The van der Waals surface area contributed by atoms with Crippen molar-refractivity contribution >= 4 is 39.5 Å². The van der Waals surface area contributed by atoms with E-state index in [0.717, 1.165) is 108 Å². The second-order valence-corrected chi connectivity index (χ2v) is 26.5. The normalized spacial score (nSPS) is 14.8. The summed E-state index contributed by atoms with van der Waals surface area (Å²) >= 11 is 0. The number of rotatable bonds is 60. The number of ether oxygens (including phenoxy) is 4. The number of unbranched alkanes of at least 4 members (excludes halogenated alkanes) is 27. The summed E-state index contributed by atoms with van der Waals surface area (Å²) in [5.41, 5.74) is 0. The standard InChI is InChI=1S/C62H120O17P2/c1-8-10-11-26-36-43-59(64)72-49-57(78-62(67)46-39-32-25-19-21-28-34-41-54(5)6)51-76-80(68,69)74-47-56(63)48-75-81(70,71)77-52-58(50-73-60(65)44-37-30-23-18-14-15-20-27-33-40-53(3)4)79-61(66)45-38-31-24-17-13-12-16-22-29-35-42-55(7)9-2/h53-58,63H,8-52H2,1-7H3,(H,68,69)(H,70,71)/t55?,56-,57+,58+/m0/s1. The van der Waals surface area contributed by atoms with Gasteiger partial charge in [-0.05, 0) is 43.4 Å². The molecule has 0 rings (SSSR count). The lowest BCUT2D eigenvalue weighted by Crippen LogP contribution is -2.30. The van der Waals surface area contributed by atoms with Crippen LogP contribution in [0.15, 0.2) is 0 Å². The molecule has 0 amide bonds. The van der Waals surface area contributed by atoms with Gasteiger partial charge in [-0.25, -0.2) is 9.13 Å². The van der Waals surface area contributed by atoms with E-state index in [1.807, 2.05) is 0 Å². The van der Waals surface area contributed by atoms with Crippen molar-refractivity contribution in [3.63, 3.8) is 0 Å². The molecule has 81 heavy (non-hydrogen) atoms. The average molecular weight is 1200 g/mol. The second-order valence-electron chi connectivity index (χ2n) is 23.6. The number of carbonyl (C=O) groups is 4. The SMILES string of the molecule is CCCCCCCC(=O)OC[C@H](COP(=O)(O)OC[C@H](O)COP(=O)(O)OC[C@@H](COC(=O)CCCCCCCCCCCC(C)C)OC(=O)CCCCCCCCCCCCC(C)CC)OC(=O)CCCCCCCCCC(C)C. The second kappa shape index (κ2) is 53.5. The van der Waals surface area contributed by atoms with E-state index in [4.69, 9.17) is 37.0 Å². The number of carbonyl (C=O) groups excluding carboxylic acids is 4. The van der Waals surface area contributed by atoms with Gasteiger partial charge in [0.25, 0.3) is 0 Å². The fourth-order valence-corrected chi connectivity index (χ4v) is 10.7. The number of hydrogen-bond acceptors (Lipinski definition) is 15. The monoisotopic (exact) mass is 1200 g/mol. The Labute approximate surface area is 492 Å². The highest BCUT2D eigenvalue weighted by Gasteiger charge is 2.30. The lowest BCUT2D eigenvalue weighted by molar-refractivity contribution is -0.161. The molecule has 0 fully saturated rings. The maximum absolute atomic E-state index is 13.0. The van der Waals surface area contributed by atoms with Crippen LogP contribution in [0.3, 0.4) is 0 Å². The number of aliphatic hydroxyl groups excluding tert-OH is 1. The first-order valence-electron chi connectivity index (χ1n) is 32.4. The van der Waals surface area contributed by atoms with E-state index in [0.29, 0.717) is 31.6 Å². The van der Waals surface area contributed by atoms with E-state index in [2.05, 4.69) is 48.5 Å². The summed E-state index contributed by atoms with van der Waals surface area (Å²) in [4.78, 5) is 71.9. The maximum Gasteiger partial charge on any atom is 0.472 e. The van der Waals surface area contributed by atoms with E-state index in [-0.39, 0.29) is 25.7 Å². The average Bonchev–Trinajstić information content (AvgIpc) is 3.42. The Balaban J connectivity index is 5.20. The van der Waals surface area contributed by atoms with Crippen molar-refractivity contribution in [1.29, 1.82) is 0 Å². The zero-order valence-corrected chi connectivity index (χ0v) is 54.0. The van der Waals surface area contributed by atoms with Crippen LogP contribution in [0, 0.1) is 17.8 Å². The summed E-state index contributed by atoms with van der Waals surface area (Å²) in [6, 6.07) is 0. The Morgan fingerprint density at radius 1 is 0.358 bits per heavy atom. The molecule has 17 nitrogen and oxygen atoms in total. The summed E-state index contributed by atoms with van der Waals surface area (Å²) in [7, 11) is -9.88. The largest absolute Gasteiger partial charge is 0.472 e. The molecule has 0 spiro atoms. The number of esters is 4. The summed E-state index contributed by atoms with van der Waals surface area (Å²) < 4.78 is 67.7. The number of aliphatic hydroxyl groups is 1. The highest BCUT2D eigenvalue weighted by molar-refractivity contribution is 7.47. The van der Waals surface area contributed by atoms with Gasteiger partial charge in [0.15, 0.2) is 12.2 Å². The molecular formula is C62H120O17P2. The van der Waals surface area contributed by atoms with E-state index < -0.39 is 97.5 Å². The molecule has 3 unspecified atom stereocenters. The Kier molecular flexibility index (Phi) is 52.2. The Morgan fingerprint density at radius 2 is 0.630 bits per heavy atom. The van der Waals surface area contributed by atoms with Crippen molar-refractivity contribution in [2.75, 3.05) is 39.6 Å². The van der Waals surface area contributed by atoms with E-state index >= 15 is 0 Å². The van der Waals surface area contributed by atoms with Gasteiger partial charge in [0, 0.05) is 25.7 Å². The first-order chi connectivity index (χ1) is 38.8. The zero-order chi connectivity index (χ0) is 60.3. The molecule has 19 heteroatoms. The van der Waals surface area contributed by atoms with Gasteiger partial charge in [-0.1, -0.05) is 248 Å². The van der Waals surface area contributed by atoms with Gasteiger partial charge in [-0.15, -0.1) is 0 Å². The van der Waals surface area contributed by atoms with Crippen molar-refractivity contribution in [1.82, 2.24) is 0 Å². The van der Waals surface area contributed by atoms with Crippen LogP contribution in [0.25, 0.3) is 0 Å². The van der Waals surface area contributed by atoms with Crippen molar-refractivity contribution in [3.8, 4) is 0 Å². The Bertz CT molecular complexity index is 1620. The molecule has 0 aliphatic carbocycles. The van der Waals surface area contributed by atoms with Gasteiger partial charge in [-0.2, -0.15) is 0 Å². The van der Waals surface area contributed by atoms with E-state index in [9.17, 15) is 43.2 Å². The van der Waals surface area contributed by atoms with Crippen LogP contribution in [0.4, 0.5) is 0 Å². The minimum Gasteiger partial charge on any atom is -0.462 e. The summed E-state index contributed by atoms with van der Waals surface area (Å²) in [6.45, 7) is 11.6. The highest BCUT2D eigenvalue weighted by atomic mass is 31.2. The first-order valence-corrected chi connectivity index (χ1v) is 35.4. The van der Waals surface area contributed by atoms with Crippen LogP contribution in [0.2, 0.25) is 0 Å². The Hall–Kier alpha value is -1.94. The van der Waals surface area contributed by atoms with Gasteiger partial charge < -0.3 is 33.8 Å². The molecule has 0 heterocycles. The predicted octanol–water partition coefficient (Wildman–Crippen LogP) is 16.7. The van der Waals surface area contributed by atoms with Crippen LogP contribution < -0.4 is 0 Å². The van der Waals surface area contributed by atoms with Gasteiger partial charge in [0.2, 0.25) is 0 Å². The van der Waals surface area contributed by atoms with Crippen molar-refractivity contribution in [3.05, 3.63) is 0 Å². The van der Waals surface area contributed by atoms with E-state index in [1.54, 1.807) is 0 Å². The molecule has 0 saturated heterocycles. The van der Waals surface area contributed by atoms with Gasteiger partial charge >= 0.3 is 39.5 Å². The zero-order valence-electron chi connectivity index (χ0n) is 52.2. The van der Waals surface area contributed by atoms with Crippen molar-refractivity contribution in [2.45, 2.75) is 317 Å². The maximum atomic E-state index is 13.0. The Morgan fingerprint density at radius 3 is 0.938 bits per heavy atom. The fourth-order valence-electron chi connectivity index (χ4n) is 9.09. The van der Waals surface area contributed by atoms with Gasteiger partial charge in [-0.3, -0.25) is 37.3 Å². The summed E-state index contributed by atoms with van der Waals surface area (Å²) in [6.07, 6.45) is 33.8. The molecule has 0 aliphatic rings. The van der Waals surface area contributed by atoms with Crippen LogP contribution in [-0.2, 0) is 65.4 Å². The predicted molar refractivity (Wildman–Crippen MR) is 321 cm³/mol. The molecular weight excluding hydrogens is 1080 g/mol. The molecule has 480 valence electrons. The molecule has 0 saturated carbocycles. The number of phosphoric ester groups is 2.